The summed E-state index contributed by atoms with van der Waals surface area (Å²) in [7, 11) is 0. The van der Waals surface area contributed by atoms with Gasteiger partial charge in [-0.1, -0.05) is 6.92 Å². The van der Waals surface area contributed by atoms with Gasteiger partial charge in [-0.15, -0.1) is 0 Å². The lowest BCUT2D eigenvalue weighted by Crippen LogP contribution is -2.39. The van der Waals surface area contributed by atoms with Crippen molar-refractivity contribution in [3.05, 3.63) is 29.0 Å². The number of carboxylic acids is 1. The molecule has 0 fully saturated rings. The van der Waals surface area contributed by atoms with Gasteiger partial charge in [0.05, 0.1) is 12.7 Å². The maximum Gasteiger partial charge on any atom is 0.331 e. The maximum absolute atomic E-state index is 11.6. The number of imide groups is 1. The van der Waals surface area contributed by atoms with E-state index in [1.807, 2.05) is 12.2 Å². The molecule has 0 aromatic carbocycles. The average molecular weight is 295 g/mol. The monoisotopic (exact) mass is 295 g/mol. The Hall–Kier alpha value is -2.64. The predicted octanol–water partition coefficient (Wildman–Crippen LogP) is 0.984. The molecular weight excluding hydrogens is 278 g/mol. The van der Waals surface area contributed by atoms with Crippen LogP contribution in [0.25, 0.3) is 0 Å². The molecule has 0 spiro atoms. The number of amides is 3. The highest BCUT2D eigenvalue weighted by Gasteiger charge is 2.15. The molecule has 0 aliphatic heterocycles. The van der Waals surface area contributed by atoms with Gasteiger partial charge < -0.3 is 14.8 Å². The maximum atomic E-state index is 11.6. The number of hydrogen-bond acceptors (Lipinski definition) is 5. The second-order valence-corrected chi connectivity index (χ2v) is 4.27. The highest BCUT2D eigenvalue weighted by molar-refractivity contribution is 6.07. The first-order valence-corrected chi connectivity index (χ1v) is 6.28. The third-order valence-electron chi connectivity index (χ3n) is 2.80. The number of carbonyl (C=O) groups excluding carboxylic acids is 2. The summed E-state index contributed by atoms with van der Waals surface area (Å²) in [6.45, 7) is 4.55. The summed E-state index contributed by atoms with van der Waals surface area (Å²) in [5.74, 6) is -0.966. The second kappa shape index (κ2) is 7.22. The fourth-order valence-corrected chi connectivity index (χ4v) is 1.32. The van der Waals surface area contributed by atoms with Crippen LogP contribution in [0.2, 0.25) is 0 Å². The molecule has 1 rings (SSSR count). The van der Waals surface area contributed by atoms with Crippen LogP contribution in [0.1, 0.15) is 32.4 Å². The van der Waals surface area contributed by atoms with Crippen molar-refractivity contribution in [1.29, 1.82) is 0 Å². The van der Waals surface area contributed by atoms with Crippen LogP contribution in [0.5, 0.6) is 0 Å². The van der Waals surface area contributed by atoms with Gasteiger partial charge in [0, 0.05) is 17.6 Å². The Balaban J connectivity index is 2.52. The molecule has 8 nitrogen and oxygen atoms in total. The lowest BCUT2D eigenvalue weighted by Gasteiger charge is -2.06. The summed E-state index contributed by atoms with van der Waals surface area (Å²) >= 11 is 0. The van der Waals surface area contributed by atoms with Gasteiger partial charge in [0.25, 0.3) is 5.91 Å². The van der Waals surface area contributed by atoms with E-state index in [1.54, 1.807) is 6.20 Å². The number of aliphatic carboxylic acids is 1. The Labute approximate surface area is 121 Å². The Bertz CT molecular complexity index is 588. The third-order valence-corrected chi connectivity index (χ3v) is 2.80. The number of nitrogens with zero attached hydrogens (tertiary/aromatic N) is 1. The van der Waals surface area contributed by atoms with Crippen molar-refractivity contribution >= 4 is 17.9 Å². The Morgan fingerprint density at radius 1 is 1.29 bits per heavy atom. The number of rotatable bonds is 5. The molecule has 21 heavy (non-hydrogen) atoms. The Morgan fingerprint density at radius 2 is 1.95 bits per heavy atom. The molecule has 0 bridgehead atoms. The zero-order chi connectivity index (χ0) is 16.0. The molecule has 114 valence electrons. The van der Waals surface area contributed by atoms with Crippen molar-refractivity contribution in [2.75, 3.05) is 0 Å². The molecule has 3 amide bonds. The molecule has 1 aromatic heterocycles. The van der Waals surface area contributed by atoms with Crippen LogP contribution in [-0.2, 0) is 22.6 Å². The minimum atomic E-state index is -1.21. The molecule has 8 heteroatoms. The van der Waals surface area contributed by atoms with E-state index in [-0.39, 0.29) is 17.7 Å². The van der Waals surface area contributed by atoms with Gasteiger partial charge in [-0.05, 0) is 13.8 Å². The standard InChI is InChI=1S/C13H17N3O5/c1-4-9-5-14-10(21-9)6-15-13(20)16-11(17)7(2)8(3)12(18)19/h5H,4,6H2,1-3H3,(H,18,19)(H2,15,16,17,20). The van der Waals surface area contributed by atoms with Crippen molar-refractivity contribution in [2.45, 2.75) is 33.7 Å². The molecule has 0 radical (unpaired) electrons. The smallest absolute Gasteiger partial charge is 0.331 e. The quantitative estimate of drug-likeness (QED) is 0.696. The van der Waals surface area contributed by atoms with E-state index in [0.717, 1.165) is 0 Å². The van der Waals surface area contributed by atoms with E-state index in [0.29, 0.717) is 18.1 Å². The number of urea groups is 1. The van der Waals surface area contributed by atoms with E-state index in [9.17, 15) is 14.4 Å². The number of nitrogens with one attached hydrogen (secondary N) is 2. The van der Waals surface area contributed by atoms with Crippen LogP contribution >= 0.6 is 0 Å². The topological polar surface area (TPSA) is 122 Å². The number of carboxylic acid groups (broad SMARTS) is 1. The van der Waals surface area contributed by atoms with Crippen molar-refractivity contribution < 1.29 is 23.9 Å². The van der Waals surface area contributed by atoms with Crippen LogP contribution < -0.4 is 10.6 Å². The van der Waals surface area contributed by atoms with Crippen LogP contribution in [0.15, 0.2) is 21.8 Å². The molecule has 0 atom stereocenters. The SMILES string of the molecule is CCc1cnc(CNC(=O)NC(=O)C(C)=C(C)C(=O)O)o1. The van der Waals surface area contributed by atoms with E-state index in [4.69, 9.17) is 9.52 Å². The normalized spacial score (nSPS) is 11.6. The van der Waals surface area contributed by atoms with Crippen molar-refractivity contribution in [1.82, 2.24) is 15.6 Å². The van der Waals surface area contributed by atoms with Gasteiger partial charge in [-0.25, -0.2) is 14.6 Å². The van der Waals surface area contributed by atoms with Crippen LogP contribution in [-0.4, -0.2) is 28.0 Å². The lowest BCUT2D eigenvalue weighted by atomic mass is 10.1. The summed E-state index contributed by atoms with van der Waals surface area (Å²) in [5, 5.41) is 13.2. The first-order chi connectivity index (χ1) is 9.85. The Morgan fingerprint density at radius 3 is 2.48 bits per heavy atom. The third kappa shape index (κ3) is 4.75. The molecule has 0 aliphatic rings. The number of oxazole rings is 1. The number of aryl methyl sites for hydroxylation is 1. The molecule has 1 aromatic rings. The molecule has 3 N–H and O–H groups in total. The summed E-state index contributed by atoms with van der Waals surface area (Å²) in [6, 6.07) is -0.756. The van der Waals surface area contributed by atoms with Crippen molar-refractivity contribution in [3.8, 4) is 0 Å². The first-order valence-electron chi connectivity index (χ1n) is 6.28. The number of carbonyl (C=O) groups is 3. The van der Waals surface area contributed by atoms with Gasteiger partial charge in [0.15, 0.2) is 0 Å². The van der Waals surface area contributed by atoms with E-state index >= 15 is 0 Å². The molecule has 1 heterocycles. The lowest BCUT2D eigenvalue weighted by molar-refractivity contribution is -0.133. The molecule has 0 saturated carbocycles. The van der Waals surface area contributed by atoms with Crippen molar-refractivity contribution in [2.24, 2.45) is 0 Å². The Kier molecular flexibility index (Phi) is 5.65. The van der Waals surface area contributed by atoms with Crippen LogP contribution in [0, 0.1) is 0 Å². The first kappa shape index (κ1) is 16.4. The minimum Gasteiger partial charge on any atom is -0.478 e. The second-order valence-electron chi connectivity index (χ2n) is 4.27. The summed E-state index contributed by atoms with van der Waals surface area (Å²) < 4.78 is 5.28. The van der Waals surface area contributed by atoms with Crippen molar-refractivity contribution in [3.63, 3.8) is 0 Å². The van der Waals surface area contributed by atoms with Gasteiger partial charge in [-0.2, -0.15) is 0 Å². The van der Waals surface area contributed by atoms with Crippen LogP contribution in [0.4, 0.5) is 4.79 Å². The van der Waals surface area contributed by atoms with Gasteiger partial charge >= 0.3 is 12.0 Å². The number of aromatic nitrogens is 1. The van der Waals surface area contributed by atoms with Gasteiger partial charge in [-0.3, -0.25) is 10.1 Å². The molecule has 0 unspecified atom stereocenters. The fourth-order valence-electron chi connectivity index (χ4n) is 1.32. The minimum absolute atomic E-state index is 0.0276. The number of hydrogen-bond donors (Lipinski definition) is 3. The van der Waals surface area contributed by atoms with E-state index in [2.05, 4.69) is 10.3 Å². The predicted molar refractivity (Wildman–Crippen MR) is 72.3 cm³/mol. The molecule has 0 aliphatic carbocycles. The summed E-state index contributed by atoms with van der Waals surface area (Å²) in [4.78, 5) is 37.8. The molecule has 0 saturated heterocycles. The average Bonchev–Trinajstić information content (AvgIpc) is 2.91. The van der Waals surface area contributed by atoms with Crippen LogP contribution in [0.3, 0.4) is 0 Å². The van der Waals surface area contributed by atoms with Gasteiger partial charge in [0.1, 0.15) is 5.76 Å². The van der Waals surface area contributed by atoms with E-state index < -0.39 is 17.9 Å². The highest BCUT2D eigenvalue weighted by atomic mass is 16.4. The zero-order valence-corrected chi connectivity index (χ0v) is 12.0. The van der Waals surface area contributed by atoms with E-state index in [1.165, 1.54) is 13.8 Å². The molecular formula is C13H17N3O5. The summed E-state index contributed by atoms with van der Waals surface area (Å²) in [6.07, 6.45) is 2.25. The van der Waals surface area contributed by atoms with Gasteiger partial charge in [0.2, 0.25) is 5.89 Å². The summed E-state index contributed by atoms with van der Waals surface area (Å²) in [5.41, 5.74) is -0.164. The largest absolute Gasteiger partial charge is 0.478 e. The highest BCUT2D eigenvalue weighted by Crippen LogP contribution is 2.04. The zero-order valence-electron chi connectivity index (χ0n) is 12.0. The fraction of sp³-hybridized carbons (Fsp3) is 0.385.